The van der Waals surface area contributed by atoms with Crippen molar-refractivity contribution in [3.8, 4) is 0 Å². The lowest BCUT2D eigenvalue weighted by molar-refractivity contribution is 0.138. The Balaban J connectivity index is 1.94. The van der Waals surface area contributed by atoms with Crippen LogP contribution in [0.25, 0.3) is 0 Å². The number of β-amino-alcohol motifs (C(OH)–C–C–N with tert-alkyl or cyclic N) is 1. The Hall–Kier alpha value is -0.490. The Kier molecular flexibility index (Phi) is 5.12. The van der Waals surface area contributed by atoms with Crippen molar-refractivity contribution in [1.82, 2.24) is 9.88 Å². The SMILES string of the molecule is Cc1csc(C(CN)C2CCN(CCO)CC2)n1. The maximum Gasteiger partial charge on any atom is 0.0974 e. The molecule has 0 radical (unpaired) electrons. The Morgan fingerprint density at radius 2 is 2.28 bits per heavy atom. The van der Waals surface area contributed by atoms with Crippen LogP contribution in [0.5, 0.6) is 0 Å². The average Bonchev–Trinajstić information content (AvgIpc) is 2.79. The molecule has 1 fully saturated rings. The number of aliphatic hydroxyl groups excluding tert-OH is 1. The molecule has 0 bridgehead atoms. The van der Waals surface area contributed by atoms with Crippen LogP contribution in [0.2, 0.25) is 0 Å². The number of likely N-dealkylation sites (tertiary alicyclic amines) is 1. The zero-order valence-corrected chi connectivity index (χ0v) is 11.8. The van der Waals surface area contributed by atoms with Gasteiger partial charge in [0.15, 0.2) is 0 Å². The maximum absolute atomic E-state index is 8.95. The van der Waals surface area contributed by atoms with Gasteiger partial charge in [0.2, 0.25) is 0 Å². The molecule has 0 aromatic carbocycles. The monoisotopic (exact) mass is 269 g/mol. The van der Waals surface area contributed by atoms with Gasteiger partial charge in [0.1, 0.15) is 0 Å². The van der Waals surface area contributed by atoms with Crippen LogP contribution in [0.15, 0.2) is 5.38 Å². The molecule has 3 N–H and O–H groups in total. The lowest BCUT2D eigenvalue weighted by atomic mass is 9.84. The van der Waals surface area contributed by atoms with Crippen LogP contribution >= 0.6 is 11.3 Å². The minimum atomic E-state index is 0.261. The van der Waals surface area contributed by atoms with E-state index in [1.54, 1.807) is 11.3 Å². The van der Waals surface area contributed by atoms with Crippen molar-refractivity contribution in [1.29, 1.82) is 0 Å². The molecule has 102 valence electrons. The zero-order valence-electron chi connectivity index (χ0n) is 11.0. The number of hydrogen-bond donors (Lipinski definition) is 2. The van der Waals surface area contributed by atoms with Crippen LogP contribution in [0, 0.1) is 12.8 Å². The molecule has 1 atom stereocenters. The molecule has 1 aliphatic rings. The van der Waals surface area contributed by atoms with Gasteiger partial charge in [-0.25, -0.2) is 4.98 Å². The predicted molar refractivity (Wildman–Crippen MR) is 74.9 cm³/mol. The first-order chi connectivity index (χ1) is 8.74. The molecular weight excluding hydrogens is 246 g/mol. The highest BCUT2D eigenvalue weighted by atomic mass is 32.1. The largest absolute Gasteiger partial charge is 0.395 e. The molecule has 1 aliphatic heterocycles. The van der Waals surface area contributed by atoms with Crippen LogP contribution in [-0.4, -0.2) is 47.8 Å². The molecule has 0 spiro atoms. The third-order valence-electron chi connectivity index (χ3n) is 3.83. The van der Waals surface area contributed by atoms with Crippen molar-refractivity contribution in [2.45, 2.75) is 25.7 Å². The first-order valence-electron chi connectivity index (χ1n) is 6.70. The molecule has 5 heteroatoms. The number of thiazole rings is 1. The summed E-state index contributed by atoms with van der Waals surface area (Å²) in [5.74, 6) is 1.07. The van der Waals surface area contributed by atoms with Crippen molar-refractivity contribution < 1.29 is 5.11 Å². The fourth-order valence-electron chi connectivity index (χ4n) is 2.76. The summed E-state index contributed by atoms with van der Waals surface area (Å²) in [6, 6.07) is 0. The molecule has 1 unspecified atom stereocenters. The van der Waals surface area contributed by atoms with Gasteiger partial charge < -0.3 is 15.7 Å². The summed E-state index contributed by atoms with van der Waals surface area (Å²) in [7, 11) is 0. The maximum atomic E-state index is 8.95. The van der Waals surface area contributed by atoms with E-state index in [0.717, 1.165) is 25.3 Å². The fourth-order valence-corrected chi connectivity index (χ4v) is 3.76. The van der Waals surface area contributed by atoms with Gasteiger partial charge in [-0.15, -0.1) is 11.3 Å². The van der Waals surface area contributed by atoms with Crippen LogP contribution in [0.1, 0.15) is 29.5 Å². The third-order valence-corrected chi connectivity index (χ3v) is 4.92. The van der Waals surface area contributed by atoms with Crippen LogP contribution < -0.4 is 5.73 Å². The van der Waals surface area contributed by atoms with Gasteiger partial charge in [0.05, 0.1) is 11.6 Å². The molecular formula is C13H23N3OS. The van der Waals surface area contributed by atoms with E-state index in [2.05, 4.69) is 15.3 Å². The van der Waals surface area contributed by atoms with Crippen molar-refractivity contribution in [3.63, 3.8) is 0 Å². The van der Waals surface area contributed by atoms with Gasteiger partial charge in [-0.2, -0.15) is 0 Å². The van der Waals surface area contributed by atoms with Gasteiger partial charge in [0, 0.05) is 30.1 Å². The van der Waals surface area contributed by atoms with E-state index in [4.69, 9.17) is 10.8 Å². The summed E-state index contributed by atoms with van der Waals surface area (Å²) in [4.78, 5) is 6.93. The molecule has 18 heavy (non-hydrogen) atoms. The zero-order chi connectivity index (χ0) is 13.0. The lowest BCUT2D eigenvalue weighted by Crippen LogP contribution is -2.38. The second kappa shape index (κ2) is 6.61. The quantitative estimate of drug-likeness (QED) is 0.843. The first-order valence-corrected chi connectivity index (χ1v) is 7.58. The van der Waals surface area contributed by atoms with Crippen LogP contribution in [0.4, 0.5) is 0 Å². The minimum Gasteiger partial charge on any atom is -0.395 e. The highest BCUT2D eigenvalue weighted by Crippen LogP contribution is 2.33. The normalized spacial score (nSPS) is 20.2. The molecule has 0 aliphatic carbocycles. The topological polar surface area (TPSA) is 62.4 Å². The van der Waals surface area contributed by atoms with Gasteiger partial charge in [0.25, 0.3) is 0 Å². The van der Waals surface area contributed by atoms with E-state index in [0.29, 0.717) is 18.4 Å². The third kappa shape index (κ3) is 3.29. The lowest BCUT2D eigenvalue weighted by Gasteiger charge is -2.34. The number of aryl methyl sites for hydroxylation is 1. The Morgan fingerprint density at radius 3 is 2.78 bits per heavy atom. The first kappa shape index (κ1) is 13.9. The number of nitrogens with two attached hydrogens (primary N) is 1. The molecule has 1 saturated heterocycles. The van der Waals surface area contributed by atoms with Gasteiger partial charge in [-0.1, -0.05) is 0 Å². The van der Waals surface area contributed by atoms with Gasteiger partial charge >= 0.3 is 0 Å². The standard InChI is InChI=1S/C13H23N3OS/c1-10-9-18-13(15-10)12(8-14)11-2-4-16(5-3-11)6-7-17/h9,11-12,17H,2-8,14H2,1H3. The number of aliphatic hydroxyl groups is 1. The summed E-state index contributed by atoms with van der Waals surface area (Å²) in [6.45, 7) is 5.94. The van der Waals surface area contributed by atoms with E-state index in [9.17, 15) is 0 Å². The van der Waals surface area contributed by atoms with Crippen molar-refractivity contribution in [3.05, 3.63) is 16.1 Å². The van der Waals surface area contributed by atoms with Crippen LogP contribution in [0.3, 0.4) is 0 Å². The molecule has 1 aromatic heterocycles. The smallest absolute Gasteiger partial charge is 0.0974 e. The second-order valence-electron chi connectivity index (χ2n) is 5.07. The number of rotatable bonds is 5. The van der Waals surface area contributed by atoms with E-state index < -0.39 is 0 Å². The summed E-state index contributed by atoms with van der Waals surface area (Å²) in [5, 5.41) is 12.3. The number of hydrogen-bond acceptors (Lipinski definition) is 5. The van der Waals surface area contributed by atoms with E-state index >= 15 is 0 Å². The summed E-state index contributed by atoms with van der Waals surface area (Å²) < 4.78 is 0. The Morgan fingerprint density at radius 1 is 1.56 bits per heavy atom. The van der Waals surface area contributed by atoms with Crippen molar-refractivity contribution in [2.24, 2.45) is 11.7 Å². The summed E-state index contributed by atoms with van der Waals surface area (Å²) >= 11 is 1.74. The highest BCUT2D eigenvalue weighted by molar-refractivity contribution is 7.09. The molecule has 0 saturated carbocycles. The Labute approximate surface area is 113 Å². The van der Waals surface area contributed by atoms with E-state index in [-0.39, 0.29) is 6.61 Å². The second-order valence-corrected chi connectivity index (χ2v) is 5.96. The molecule has 0 amide bonds. The van der Waals surface area contributed by atoms with Crippen LogP contribution in [-0.2, 0) is 0 Å². The van der Waals surface area contributed by atoms with Crippen molar-refractivity contribution >= 4 is 11.3 Å². The van der Waals surface area contributed by atoms with E-state index in [1.807, 2.05) is 6.92 Å². The molecule has 2 heterocycles. The fraction of sp³-hybridized carbons (Fsp3) is 0.769. The predicted octanol–water partition coefficient (Wildman–Crippen LogP) is 1.20. The van der Waals surface area contributed by atoms with Gasteiger partial charge in [-0.3, -0.25) is 0 Å². The summed E-state index contributed by atoms with van der Waals surface area (Å²) in [6.07, 6.45) is 2.33. The van der Waals surface area contributed by atoms with Gasteiger partial charge in [-0.05, 0) is 38.8 Å². The molecule has 4 nitrogen and oxygen atoms in total. The number of aromatic nitrogens is 1. The molecule has 1 aromatic rings. The number of nitrogens with zero attached hydrogens (tertiary/aromatic N) is 2. The highest BCUT2D eigenvalue weighted by Gasteiger charge is 2.28. The Bertz CT molecular complexity index is 361. The minimum absolute atomic E-state index is 0.261. The number of piperidine rings is 1. The molecule has 2 rings (SSSR count). The average molecular weight is 269 g/mol. The van der Waals surface area contributed by atoms with E-state index in [1.165, 1.54) is 17.8 Å². The van der Waals surface area contributed by atoms with Crippen molar-refractivity contribution in [2.75, 3.05) is 32.8 Å². The summed E-state index contributed by atoms with van der Waals surface area (Å²) in [5.41, 5.74) is 7.05.